The molecule has 19 heteroatoms. The summed E-state index contributed by atoms with van der Waals surface area (Å²) in [6, 6.07) is -1.28. The first kappa shape index (κ1) is 26.1. The fourth-order valence-electron chi connectivity index (χ4n) is 3.22. The molecule has 5 N–H and O–H groups in total. The topological polar surface area (TPSA) is 207 Å². The van der Waals surface area contributed by atoms with Gasteiger partial charge in [0.05, 0.1) is 11.2 Å². The van der Waals surface area contributed by atoms with Crippen molar-refractivity contribution in [3.63, 3.8) is 0 Å². The lowest BCUT2D eigenvalue weighted by molar-refractivity contribution is -0.150. The number of hydrogen-bond acceptors (Lipinski definition) is 10. The summed E-state index contributed by atoms with van der Waals surface area (Å²) in [6.07, 6.45) is 0.0240. The van der Waals surface area contributed by atoms with Crippen molar-refractivity contribution >= 4 is 58.4 Å². The van der Waals surface area contributed by atoms with Crippen molar-refractivity contribution in [2.45, 2.75) is 40.2 Å². The minimum atomic E-state index is -5.09. The van der Waals surface area contributed by atoms with Gasteiger partial charge in [-0.2, -0.15) is 0 Å². The number of β-lactam (4-membered cyclic amide) rings is 1. The third kappa shape index (κ3) is 5.76. The van der Waals surface area contributed by atoms with E-state index in [4.69, 9.17) is 5.73 Å². The second-order valence-electron chi connectivity index (χ2n) is 6.89. The van der Waals surface area contributed by atoms with Gasteiger partial charge in [-0.15, -0.1) is 30.0 Å². The van der Waals surface area contributed by atoms with E-state index >= 15 is 0 Å². The number of hydrogen-bond donors (Lipinski definition) is 4. The van der Waals surface area contributed by atoms with Crippen LogP contribution in [0.25, 0.3) is 0 Å². The Bertz CT molecular complexity index is 1010. The molecule has 13 nitrogen and oxygen atoms in total. The van der Waals surface area contributed by atoms with Crippen LogP contribution in [0.15, 0.2) is 16.4 Å². The highest BCUT2D eigenvalue weighted by molar-refractivity contribution is 8.01. The number of carboxylic acid groups (broad SMARTS) is 1. The molecule has 34 heavy (non-hydrogen) atoms. The minimum absolute atomic E-state index is 0.0644. The number of halogens is 3. The second-order valence-corrected chi connectivity index (χ2v) is 10.6. The van der Waals surface area contributed by atoms with Crippen molar-refractivity contribution in [2.75, 3.05) is 11.5 Å². The summed E-state index contributed by atoms with van der Waals surface area (Å²) in [5.74, 6) is -5.49. The molecule has 0 aromatic carbocycles. The molecule has 4 atom stereocenters. The number of rotatable bonds is 10. The number of carboxylic acids is 1. The largest absolute Gasteiger partial charge is 0.609 e. The predicted octanol–water partition coefficient (Wildman–Crippen LogP) is -1.07. The zero-order valence-corrected chi connectivity index (χ0v) is 19.2. The van der Waals surface area contributed by atoms with Gasteiger partial charge in [-0.25, -0.2) is 9.89 Å². The first-order valence-electron chi connectivity index (χ1n) is 9.24. The summed E-state index contributed by atoms with van der Waals surface area (Å²) in [5.41, 5.74) is 0.0467. The zero-order chi connectivity index (χ0) is 25.2. The van der Waals surface area contributed by atoms with Gasteiger partial charge < -0.3 is 20.7 Å². The quantitative estimate of drug-likeness (QED) is 0.159. The highest BCUT2D eigenvalue weighted by Gasteiger charge is 2.55. The number of amides is 3. The summed E-state index contributed by atoms with van der Waals surface area (Å²) in [6.45, 7) is 0. The number of carbonyl (C=O) groups excluding carboxylic acids is 3. The Hall–Kier alpha value is -2.51. The van der Waals surface area contributed by atoms with Crippen molar-refractivity contribution in [2.24, 2.45) is 5.73 Å². The lowest BCUT2D eigenvalue weighted by atomic mass is 9.99. The van der Waals surface area contributed by atoms with Gasteiger partial charge in [0.25, 0.3) is 11.8 Å². The number of aromatic amines is 1. The van der Waals surface area contributed by atoms with Gasteiger partial charge in [-0.05, 0) is 22.4 Å². The first-order valence-corrected chi connectivity index (χ1v) is 12.5. The monoisotopic (exact) mass is 543 g/mol. The molecule has 3 unspecified atom stereocenters. The molecule has 3 heterocycles. The van der Waals surface area contributed by atoms with Crippen LogP contribution in [0, 0.1) is 0 Å². The summed E-state index contributed by atoms with van der Waals surface area (Å²) < 4.78 is 48.4. The number of thioether (sulfide) groups is 2. The molecule has 3 amide bonds. The Kier molecular flexibility index (Phi) is 7.98. The third-order valence-corrected chi connectivity index (χ3v) is 8.20. The van der Waals surface area contributed by atoms with Gasteiger partial charge in [0.1, 0.15) is 17.1 Å². The lowest BCUT2D eigenvalue weighted by Crippen LogP contribution is -2.71. The molecule has 1 aromatic rings. The average molecular weight is 544 g/mol. The van der Waals surface area contributed by atoms with Crippen LogP contribution >= 0.6 is 23.5 Å². The molecule has 1 aromatic heterocycles. The van der Waals surface area contributed by atoms with Gasteiger partial charge in [0.15, 0.2) is 5.75 Å². The molecule has 2 aliphatic heterocycles. The van der Waals surface area contributed by atoms with E-state index in [1.165, 1.54) is 0 Å². The molecule has 0 radical (unpaired) electrons. The number of primary amides is 1. The van der Waals surface area contributed by atoms with E-state index in [1.54, 1.807) is 0 Å². The van der Waals surface area contributed by atoms with Crippen LogP contribution in [0.5, 0.6) is 0 Å². The summed E-state index contributed by atoms with van der Waals surface area (Å²) >= 11 is -1.33. The summed E-state index contributed by atoms with van der Waals surface area (Å²) in [4.78, 5) is 48.8. The van der Waals surface area contributed by atoms with Crippen LogP contribution < -0.4 is 11.1 Å². The van der Waals surface area contributed by atoms with Crippen LogP contribution in [0.4, 0.5) is 13.2 Å². The van der Waals surface area contributed by atoms with E-state index in [0.717, 1.165) is 28.4 Å². The van der Waals surface area contributed by atoms with Crippen LogP contribution in [0.3, 0.4) is 0 Å². The molecular weight excluding hydrogens is 527 g/mol. The maximum atomic E-state index is 12.7. The average Bonchev–Trinajstić information content (AvgIpc) is 3.26. The summed E-state index contributed by atoms with van der Waals surface area (Å²) in [5, 5.41) is 23.7. The van der Waals surface area contributed by atoms with Crippen molar-refractivity contribution in [1.29, 1.82) is 0 Å². The molecular formula is C15H16F3N7O6S3. The van der Waals surface area contributed by atoms with E-state index in [2.05, 4.69) is 25.9 Å². The molecule has 1 fully saturated rings. The van der Waals surface area contributed by atoms with Crippen LogP contribution in [0.2, 0.25) is 0 Å². The molecule has 1 saturated heterocycles. The first-order chi connectivity index (χ1) is 15.9. The number of nitrogens with two attached hydrogens (primary N) is 1. The number of carbonyl (C=O) groups is 4. The summed E-state index contributed by atoms with van der Waals surface area (Å²) in [7, 11) is 0. The maximum absolute atomic E-state index is 12.7. The van der Waals surface area contributed by atoms with Gasteiger partial charge in [0, 0.05) is 17.4 Å². The highest BCUT2D eigenvalue weighted by Crippen LogP contribution is 2.44. The number of H-pyrrole nitrogens is 1. The molecule has 0 aliphatic carbocycles. The second kappa shape index (κ2) is 10.4. The minimum Gasteiger partial charge on any atom is -0.609 e. The van der Waals surface area contributed by atoms with Crippen molar-refractivity contribution in [3.8, 4) is 0 Å². The predicted molar refractivity (Wildman–Crippen MR) is 111 cm³/mol. The number of tetrazole rings is 1. The van der Waals surface area contributed by atoms with E-state index in [9.17, 15) is 42.0 Å². The standard InChI is InChI=1S/C15H16F3N7O6S3/c16-15(17,18)34(31)4-8(27)20-9-11(28)25-10(13(29)30)5(3-32-12(9)25)6(1-2-7(19)26)33-14-21-23-24-22-14/h6,9,12H,1-4H2,(H2,19,26)(H,20,27)(H,29,30)(H,21,22,23,24)/t6?,9?,12-,34?/m0/s1. The number of nitrogens with one attached hydrogen (secondary N) is 2. The number of alkyl halides is 3. The highest BCUT2D eigenvalue weighted by atomic mass is 32.2. The molecule has 3 rings (SSSR count). The fraction of sp³-hybridized carbons (Fsp3) is 0.533. The lowest BCUT2D eigenvalue weighted by Gasteiger charge is -2.50. The zero-order valence-electron chi connectivity index (χ0n) is 16.8. The van der Waals surface area contributed by atoms with Crippen LogP contribution in [0.1, 0.15) is 12.8 Å². The SMILES string of the molecule is NC(=O)CCC(Sc1nnn[nH]1)C1=C(C(=O)O)N2C(=O)C(NC(=O)C[S+]([O-])C(F)(F)F)[C@@H]2SC1. The molecule has 0 spiro atoms. The normalized spacial score (nSPS) is 22.0. The third-order valence-electron chi connectivity index (χ3n) is 4.66. The van der Waals surface area contributed by atoms with E-state index in [-0.39, 0.29) is 35.0 Å². The molecule has 0 bridgehead atoms. The van der Waals surface area contributed by atoms with Gasteiger partial charge in [0.2, 0.25) is 11.1 Å². The van der Waals surface area contributed by atoms with Gasteiger partial charge >= 0.3 is 11.5 Å². The number of aromatic nitrogens is 4. The number of nitrogens with zero attached hydrogens (tertiary/aromatic N) is 4. The molecule has 2 aliphatic rings. The smallest absolute Gasteiger partial charge is 0.573 e. The number of fused-ring (bicyclic) bond motifs is 1. The van der Waals surface area contributed by atoms with Crippen molar-refractivity contribution in [1.82, 2.24) is 30.8 Å². The fourth-order valence-corrected chi connectivity index (χ4v) is 6.25. The Morgan fingerprint density at radius 3 is 2.71 bits per heavy atom. The van der Waals surface area contributed by atoms with Crippen molar-refractivity contribution < 1.29 is 42.0 Å². The van der Waals surface area contributed by atoms with Gasteiger partial charge in [-0.3, -0.25) is 19.3 Å². The Morgan fingerprint density at radius 2 is 2.15 bits per heavy atom. The van der Waals surface area contributed by atoms with E-state index in [1.807, 2.05) is 0 Å². The Morgan fingerprint density at radius 1 is 1.44 bits per heavy atom. The number of aliphatic carboxylic acids is 1. The van der Waals surface area contributed by atoms with E-state index in [0.29, 0.717) is 0 Å². The molecule has 186 valence electrons. The Balaban J connectivity index is 1.80. The van der Waals surface area contributed by atoms with Crippen LogP contribution in [-0.4, -0.2) is 92.6 Å². The Labute approximate surface area is 200 Å². The van der Waals surface area contributed by atoms with Crippen molar-refractivity contribution in [3.05, 3.63) is 11.3 Å². The van der Waals surface area contributed by atoms with Gasteiger partial charge in [-0.1, -0.05) is 11.8 Å². The van der Waals surface area contributed by atoms with E-state index < -0.39 is 62.8 Å². The maximum Gasteiger partial charge on any atom is 0.573 e. The molecule has 0 saturated carbocycles. The van der Waals surface area contributed by atoms with Crippen LogP contribution in [-0.2, 0) is 30.4 Å².